The highest BCUT2D eigenvalue weighted by Crippen LogP contribution is 2.32. The maximum absolute atomic E-state index is 9.67. The summed E-state index contributed by atoms with van der Waals surface area (Å²) in [5.74, 6) is 0.520. The number of rotatable bonds is 3. The van der Waals surface area contributed by atoms with E-state index in [1.165, 1.54) is 42.6 Å². The van der Waals surface area contributed by atoms with Crippen molar-refractivity contribution in [2.24, 2.45) is 0 Å². The van der Waals surface area contributed by atoms with Crippen LogP contribution < -0.4 is 0 Å². The average Bonchev–Trinajstić information content (AvgIpc) is 3.08. The van der Waals surface area contributed by atoms with Crippen LogP contribution >= 0.6 is 0 Å². The zero-order valence-electron chi connectivity index (χ0n) is 13.7. The van der Waals surface area contributed by atoms with Crippen molar-refractivity contribution in [3.63, 3.8) is 0 Å². The molecule has 1 saturated heterocycles. The van der Waals surface area contributed by atoms with Crippen LogP contribution in [-0.2, 0) is 6.54 Å². The summed E-state index contributed by atoms with van der Waals surface area (Å²) in [6, 6.07) is 11.2. The van der Waals surface area contributed by atoms with Gasteiger partial charge in [0, 0.05) is 23.5 Å². The lowest BCUT2D eigenvalue weighted by atomic mass is 9.85. The predicted molar refractivity (Wildman–Crippen MR) is 93.5 cm³/mol. The summed E-state index contributed by atoms with van der Waals surface area (Å²) in [5, 5.41) is 10.9. The second kappa shape index (κ2) is 6.58. The molecule has 0 radical (unpaired) electrons. The van der Waals surface area contributed by atoms with Crippen LogP contribution in [0, 0.1) is 0 Å². The highest BCUT2D eigenvalue weighted by atomic mass is 16.3. The Morgan fingerprint density at radius 2 is 1.78 bits per heavy atom. The number of aliphatic hydroxyl groups is 1. The zero-order valence-corrected chi connectivity index (χ0v) is 13.7. The molecule has 1 N–H and O–H groups in total. The highest BCUT2D eigenvalue weighted by Gasteiger charge is 2.21. The quantitative estimate of drug-likeness (QED) is 0.935. The van der Waals surface area contributed by atoms with E-state index in [0.29, 0.717) is 5.92 Å². The minimum absolute atomic E-state index is 0.0974. The van der Waals surface area contributed by atoms with E-state index in [2.05, 4.69) is 35.2 Å². The third-order valence-corrected chi connectivity index (χ3v) is 5.49. The normalized spacial score (nSPS) is 26.0. The molecule has 4 rings (SSSR count). The van der Waals surface area contributed by atoms with Gasteiger partial charge in [0.15, 0.2) is 0 Å². The van der Waals surface area contributed by atoms with Gasteiger partial charge in [-0.1, -0.05) is 12.1 Å². The van der Waals surface area contributed by atoms with Gasteiger partial charge in [-0.2, -0.15) is 0 Å². The van der Waals surface area contributed by atoms with Crippen molar-refractivity contribution in [2.75, 3.05) is 13.1 Å². The molecule has 2 fully saturated rings. The van der Waals surface area contributed by atoms with Gasteiger partial charge in [0.2, 0.25) is 0 Å². The Balaban J connectivity index is 1.52. The summed E-state index contributed by atoms with van der Waals surface area (Å²) in [5.41, 5.74) is 3.71. The SMILES string of the molecule is O[C@H]1CC[C@@H](c2ccc3cc(CN4CCCC4)ccc3n2)CC1. The first-order valence-electron chi connectivity index (χ1n) is 9.08. The maximum atomic E-state index is 9.67. The molecule has 1 aliphatic carbocycles. The van der Waals surface area contributed by atoms with E-state index >= 15 is 0 Å². The van der Waals surface area contributed by atoms with Crippen molar-refractivity contribution < 1.29 is 5.11 Å². The Bertz CT molecular complexity index is 670. The number of pyridine rings is 1. The largest absolute Gasteiger partial charge is 0.393 e. The molecular weight excluding hydrogens is 284 g/mol. The van der Waals surface area contributed by atoms with Gasteiger partial charge in [-0.3, -0.25) is 9.88 Å². The summed E-state index contributed by atoms with van der Waals surface area (Å²) >= 11 is 0. The van der Waals surface area contributed by atoms with Gasteiger partial charge in [-0.25, -0.2) is 0 Å². The summed E-state index contributed by atoms with van der Waals surface area (Å²) in [6.45, 7) is 3.55. The minimum atomic E-state index is -0.0974. The van der Waals surface area contributed by atoms with Crippen molar-refractivity contribution in [1.82, 2.24) is 9.88 Å². The van der Waals surface area contributed by atoms with E-state index in [4.69, 9.17) is 4.98 Å². The molecule has 0 spiro atoms. The first kappa shape index (κ1) is 15.1. The average molecular weight is 310 g/mol. The van der Waals surface area contributed by atoms with Gasteiger partial charge in [-0.15, -0.1) is 0 Å². The summed E-state index contributed by atoms with van der Waals surface area (Å²) in [6.07, 6.45) is 6.54. The van der Waals surface area contributed by atoms with Gasteiger partial charge < -0.3 is 5.11 Å². The summed E-state index contributed by atoms with van der Waals surface area (Å²) in [4.78, 5) is 7.44. The molecule has 3 nitrogen and oxygen atoms in total. The molecule has 0 amide bonds. The fourth-order valence-corrected chi connectivity index (χ4v) is 4.09. The number of likely N-dealkylation sites (tertiary alicyclic amines) is 1. The van der Waals surface area contributed by atoms with Crippen LogP contribution in [0.15, 0.2) is 30.3 Å². The maximum Gasteiger partial charge on any atom is 0.0705 e. The van der Waals surface area contributed by atoms with Gasteiger partial charge in [0.25, 0.3) is 0 Å². The Kier molecular flexibility index (Phi) is 4.32. The van der Waals surface area contributed by atoms with Crippen LogP contribution in [0.3, 0.4) is 0 Å². The lowest BCUT2D eigenvalue weighted by Gasteiger charge is -2.25. The molecule has 122 valence electrons. The van der Waals surface area contributed by atoms with Crippen LogP contribution in [0.1, 0.15) is 55.7 Å². The fourth-order valence-electron chi connectivity index (χ4n) is 4.09. The highest BCUT2D eigenvalue weighted by molar-refractivity contribution is 5.79. The second-order valence-electron chi connectivity index (χ2n) is 7.25. The molecule has 2 aromatic rings. The Hall–Kier alpha value is -1.45. The molecule has 0 unspecified atom stereocenters. The van der Waals surface area contributed by atoms with Crippen molar-refractivity contribution in [1.29, 1.82) is 0 Å². The van der Waals surface area contributed by atoms with Crippen molar-refractivity contribution in [3.05, 3.63) is 41.6 Å². The van der Waals surface area contributed by atoms with E-state index in [1.807, 2.05) is 0 Å². The monoisotopic (exact) mass is 310 g/mol. The summed E-state index contributed by atoms with van der Waals surface area (Å²) in [7, 11) is 0. The fraction of sp³-hybridized carbons (Fsp3) is 0.550. The van der Waals surface area contributed by atoms with E-state index in [9.17, 15) is 5.11 Å². The number of hydrogen-bond acceptors (Lipinski definition) is 3. The third-order valence-electron chi connectivity index (χ3n) is 5.49. The number of aliphatic hydroxyl groups excluding tert-OH is 1. The van der Waals surface area contributed by atoms with Crippen molar-refractivity contribution in [3.8, 4) is 0 Å². The number of aromatic nitrogens is 1. The lowest BCUT2D eigenvalue weighted by molar-refractivity contribution is 0.122. The van der Waals surface area contributed by atoms with Gasteiger partial charge >= 0.3 is 0 Å². The lowest BCUT2D eigenvalue weighted by Crippen LogP contribution is -2.18. The number of benzene rings is 1. The molecule has 1 aromatic heterocycles. The molecule has 2 heterocycles. The molecule has 1 aliphatic heterocycles. The molecule has 1 aromatic carbocycles. The van der Waals surface area contributed by atoms with Gasteiger partial charge in [0.05, 0.1) is 11.6 Å². The molecule has 3 heteroatoms. The van der Waals surface area contributed by atoms with E-state index in [1.54, 1.807) is 0 Å². The minimum Gasteiger partial charge on any atom is -0.393 e. The predicted octanol–water partition coefficient (Wildman–Crippen LogP) is 3.85. The van der Waals surface area contributed by atoms with Crippen LogP contribution in [0.2, 0.25) is 0 Å². The van der Waals surface area contributed by atoms with Crippen molar-refractivity contribution >= 4 is 10.9 Å². The number of fused-ring (bicyclic) bond motifs is 1. The van der Waals surface area contributed by atoms with E-state index in [-0.39, 0.29) is 6.10 Å². The summed E-state index contributed by atoms with van der Waals surface area (Å²) < 4.78 is 0. The third kappa shape index (κ3) is 3.41. The Morgan fingerprint density at radius 3 is 2.57 bits per heavy atom. The van der Waals surface area contributed by atoms with Crippen LogP contribution in [-0.4, -0.2) is 34.2 Å². The topological polar surface area (TPSA) is 36.4 Å². The van der Waals surface area contributed by atoms with E-state index < -0.39 is 0 Å². The molecule has 2 aliphatic rings. The molecule has 0 bridgehead atoms. The first-order chi connectivity index (χ1) is 11.3. The second-order valence-corrected chi connectivity index (χ2v) is 7.25. The molecule has 23 heavy (non-hydrogen) atoms. The van der Waals surface area contributed by atoms with Crippen molar-refractivity contribution in [2.45, 2.75) is 57.1 Å². The number of nitrogens with zero attached hydrogens (tertiary/aromatic N) is 2. The molecule has 0 atom stereocenters. The van der Waals surface area contributed by atoms with Crippen LogP contribution in [0.25, 0.3) is 10.9 Å². The standard InChI is InChI=1S/C20H26N2O/c23-18-7-4-16(5-8-18)19-10-6-17-13-15(3-9-20(17)21-19)14-22-11-1-2-12-22/h3,6,9-10,13,16,18,23H,1-2,4-5,7-8,11-12,14H2/t16-,18+. The van der Waals surface area contributed by atoms with E-state index in [0.717, 1.165) is 37.7 Å². The smallest absolute Gasteiger partial charge is 0.0705 e. The molecular formula is C20H26N2O. The molecule has 1 saturated carbocycles. The van der Waals surface area contributed by atoms with Gasteiger partial charge in [-0.05, 0) is 75.4 Å². The van der Waals surface area contributed by atoms with Crippen LogP contribution in [0.4, 0.5) is 0 Å². The zero-order chi connectivity index (χ0) is 15.6. The first-order valence-corrected chi connectivity index (χ1v) is 9.08. The Labute approximate surface area is 138 Å². The van der Waals surface area contributed by atoms with Crippen LogP contribution in [0.5, 0.6) is 0 Å². The number of hydrogen-bond donors (Lipinski definition) is 1. The van der Waals surface area contributed by atoms with Gasteiger partial charge in [0.1, 0.15) is 0 Å². The Morgan fingerprint density at radius 1 is 1.00 bits per heavy atom.